The number of esters is 1. The van der Waals surface area contributed by atoms with E-state index >= 15 is 0 Å². The highest BCUT2D eigenvalue weighted by atomic mass is 16.5. The average molecular weight is 815 g/mol. The lowest BCUT2D eigenvalue weighted by Gasteiger charge is -2.25. The number of ketones is 3. The molecule has 4 rings (SSSR count). The van der Waals surface area contributed by atoms with Gasteiger partial charge in [-0.25, -0.2) is 0 Å². The Labute approximate surface area is 345 Å². The highest BCUT2D eigenvalue weighted by molar-refractivity contribution is 5.97. The number of rotatable bonds is 22. The fourth-order valence-electron chi connectivity index (χ4n) is 7.13. The van der Waals surface area contributed by atoms with Gasteiger partial charge in [0.15, 0.2) is 17.3 Å². The summed E-state index contributed by atoms with van der Waals surface area (Å²) in [5.41, 5.74) is 2.96. The van der Waals surface area contributed by atoms with E-state index in [4.69, 9.17) is 4.42 Å². The first-order valence-corrected chi connectivity index (χ1v) is 20.3. The Bertz CT molecular complexity index is 1940. The molecule has 0 aliphatic carbocycles. The van der Waals surface area contributed by atoms with Gasteiger partial charge in [0.25, 0.3) is 0 Å². The van der Waals surface area contributed by atoms with E-state index in [2.05, 4.69) is 30.9 Å². The summed E-state index contributed by atoms with van der Waals surface area (Å²) >= 11 is 0. The van der Waals surface area contributed by atoms with Gasteiger partial charge in [-0.15, -0.1) is 10.2 Å². The molecule has 59 heavy (non-hydrogen) atoms. The van der Waals surface area contributed by atoms with Crippen molar-refractivity contribution in [1.29, 1.82) is 0 Å². The van der Waals surface area contributed by atoms with Crippen molar-refractivity contribution in [1.82, 2.24) is 25.7 Å². The number of Topliss-reactive ketones (excluding diaryl/α,β-unsaturated/α-hetero) is 3. The van der Waals surface area contributed by atoms with Gasteiger partial charge in [0, 0.05) is 55.5 Å². The summed E-state index contributed by atoms with van der Waals surface area (Å²) in [5, 5.41) is 16.9. The third kappa shape index (κ3) is 14.0. The molecule has 0 bridgehead atoms. The molecule has 2 aromatic carbocycles. The normalized spacial score (nSPS) is 15.3. The van der Waals surface area contributed by atoms with E-state index in [-0.39, 0.29) is 60.9 Å². The third-order valence-electron chi connectivity index (χ3n) is 10.2. The van der Waals surface area contributed by atoms with Crippen LogP contribution in [0.2, 0.25) is 0 Å². The largest absolute Gasteiger partial charge is 0.469 e. The fraction of sp³-hybridized carbons (Fsp3) is 0.523. The molecule has 1 saturated heterocycles. The zero-order chi connectivity index (χ0) is 43.2. The monoisotopic (exact) mass is 814 g/mol. The van der Waals surface area contributed by atoms with Gasteiger partial charge in [0.1, 0.15) is 6.04 Å². The van der Waals surface area contributed by atoms with Crippen molar-refractivity contribution in [2.75, 3.05) is 25.5 Å². The molecule has 15 nitrogen and oxygen atoms in total. The number of ether oxygens (including phenoxy) is 1. The van der Waals surface area contributed by atoms with Gasteiger partial charge in [0.2, 0.25) is 29.5 Å². The number of carbonyl (C=O) groups is 7. The van der Waals surface area contributed by atoms with E-state index in [1.165, 1.54) is 14.0 Å². The number of amides is 3. The van der Waals surface area contributed by atoms with Crippen molar-refractivity contribution < 1.29 is 42.7 Å². The number of anilines is 1. The van der Waals surface area contributed by atoms with Crippen LogP contribution in [0.25, 0.3) is 22.9 Å². The first-order chi connectivity index (χ1) is 28.0. The number of carbonyl (C=O) groups excluding carboxylic acids is 7. The topological polar surface area (TPSA) is 207 Å². The second-order valence-electron chi connectivity index (χ2n) is 16.1. The number of methoxy groups -OCH3 is 1. The van der Waals surface area contributed by atoms with Crippen molar-refractivity contribution in [3.05, 3.63) is 54.1 Å². The minimum atomic E-state index is -1.17. The maximum absolute atomic E-state index is 14.0. The Morgan fingerprint density at radius 1 is 0.814 bits per heavy atom. The van der Waals surface area contributed by atoms with Gasteiger partial charge in [0.05, 0.1) is 32.2 Å². The predicted molar refractivity (Wildman–Crippen MR) is 221 cm³/mol. The molecule has 318 valence electrons. The lowest BCUT2D eigenvalue weighted by molar-refractivity contribution is -0.142. The van der Waals surface area contributed by atoms with Gasteiger partial charge in [-0.2, -0.15) is 0 Å². The lowest BCUT2D eigenvalue weighted by Crippen LogP contribution is -2.49. The zero-order valence-electron chi connectivity index (χ0n) is 35.2. The van der Waals surface area contributed by atoms with Crippen LogP contribution in [-0.2, 0) is 38.3 Å². The van der Waals surface area contributed by atoms with Gasteiger partial charge >= 0.3 is 5.97 Å². The molecule has 0 spiro atoms. The van der Waals surface area contributed by atoms with Gasteiger partial charge in [-0.3, -0.25) is 33.6 Å². The molecule has 1 aromatic heterocycles. The molecule has 1 aliphatic heterocycles. The van der Waals surface area contributed by atoms with E-state index in [1.807, 2.05) is 58.9 Å². The van der Waals surface area contributed by atoms with Crippen LogP contribution in [0.3, 0.4) is 0 Å². The van der Waals surface area contributed by atoms with Gasteiger partial charge in [-0.1, -0.05) is 45.4 Å². The Balaban J connectivity index is 1.49. The Kier molecular flexibility index (Phi) is 17.0. The Hall–Kier alpha value is -5.73. The van der Waals surface area contributed by atoms with Gasteiger partial charge < -0.3 is 30.0 Å². The molecule has 3 aromatic rings. The third-order valence-corrected chi connectivity index (χ3v) is 10.2. The second-order valence-corrected chi connectivity index (χ2v) is 16.1. The van der Waals surface area contributed by atoms with E-state index < -0.39 is 54.2 Å². The number of aryl methyl sites for hydroxylation is 1. The highest BCUT2D eigenvalue weighted by Crippen LogP contribution is 2.27. The van der Waals surface area contributed by atoms with Crippen molar-refractivity contribution >= 4 is 46.7 Å². The van der Waals surface area contributed by atoms with Crippen LogP contribution in [0.15, 0.2) is 52.9 Å². The van der Waals surface area contributed by atoms with Crippen LogP contribution in [0.1, 0.15) is 91.5 Å². The first-order valence-electron chi connectivity index (χ1n) is 20.3. The maximum Gasteiger partial charge on any atom is 0.305 e. The summed E-state index contributed by atoms with van der Waals surface area (Å²) in [6, 6.07) is 11.8. The molecule has 0 unspecified atom stereocenters. The molecule has 3 N–H and O–H groups in total. The molecule has 0 radical (unpaired) electrons. The van der Waals surface area contributed by atoms with E-state index in [0.29, 0.717) is 49.4 Å². The Morgan fingerprint density at radius 3 is 2.00 bits per heavy atom. The van der Waals surface area contributed by atoms with Gasteiger partial charge in [-0.05, 0) is 80.8 Å². The quantitative estimate of drug-likeness (QED) is 0.111. The molecule has 2 heterocycles. The number of hydrogen-bond acceptors (Lipinski definition) is 12. The number of nitrogens with zero attached hydrogens (tertiary/aromatic N) is 3. The molecule has 1 fully saturated rings. The molecular weight excluding hydrogens is 757 g/mol. The smallest absolute Gasteiger partial charge is 0.305 e. The molecule has 0 saturated carbocycles. The standard InChI is InChI=1S/C44H58N6O9/c1-26(2)21-32(23-39(54)37-9-8-20-50(37)29(6)51)41(56)45-25-34(52)24-36(42(57)47-35(22-27(3)4)38(53)18-19-40(55)58-7)46-33-16-14-31(15-17-33)44-49-48-43(59-44)30-12-10-28(5)11-13-30/h10-17,26-27,32,35-37,46H,8-9,18-25H2,1-7H3,(H,45,56)(H,47,57)/t32-,35+,36-,37+/m1/s1. The molecule has 1 aliphatic rings. The number of aromatic nitrogens is 2. The number of benzene rings is 2. The summed E-state index contributed by atoms with van der Waals surface area (Å²) in [4.78, 5) is 92.9. The van der Waals surface area contributed by atoms with Crippen LogP contribution >= 0.6 is 0 Å². The molecular formula is C44H58N6O9. The minimum Gasteiger partial charge on any atom is -0.469 e. The van der Waals surface area contributed by atoms with Crippen LogP contribution in [0.4, 0.5) is 5.69 Å². The lowest BCUT2D eigenvalue weighted by atomic mass is 9.89. The number of nitrogens with one attached hydrogen (secondary N) is 3. The first kappa shape index (κ1) is 46.0. The van der Waals surface area contributed by atoms with E-state index in [0.717, 1.165) is 11.1 Å². The van der Waals surface area contributed by atoms with Crippen LogP contribution in [0, 0.1) is 24.7 Å². The van der Waals surface area contributed by atoms with Crippen molar-refractivity contribution in [3.63, 3.8) is 0 Å². The van der Waals surface area contributed by atoms with Crippen LogP contribution < -0.4 is 16.0 Å². The SMILES string of the molecule is COC(=O)CCC(=O)[C@H](CC(C)C)NC(=O)[C@@H](CC(=O)CNC(=O)[C@@H](CC(=O)[C@@H]1CCCN1C(C)=O)CC(C)C)Nc1ccc(-c2nnc(-c3ccc(C)cc3)o2)cc1. The maximum atomic E-state index is 14.0. The predicted octanol–water partition coefficient (Wildman–Crippen LogP) is 5.25. The Morgan fingerprint density at radius 2 is 1.42 bits per heavy atom. The van der Waals surface area contributed by atoms with E-state index in [9.17, 15) is 33.6 Å². The second kappa shape index (κ2) is 21.9. The van der Waals surface area contributed by atoms with Crippen molar-refractivity contribution in [3.8, 4) is 22.9 Å². The van der Waals surface area contributed by atoms with Crippen molar-refractivity contribution in [2.45, 2.75) is 111 Å². The molecule has 4 atom stereocenters. The van der Waals surface area contributed by atoms with Crippen molar-refractivity contribution in [2.24, 2.45) is 17.8 Å². The summed E-state index contributed by atoms with van der Waals surface area (Å²) in [5.74, 6) is -2.79. The molecule has 15 heteroatoms. The van der Waals surface area contributed by atoms with E-state index in [1.54, 1.807) is 29.2 Å². The number of hydrogen-bond donors (Lipinski definition) is 3. The van der Waals surface area contributed by atoms with Crippen LogP contribution in [-0.4, -0.2) is 94.5 Å². The minimum absolute atomic E-state index is 0.0132. The number of likely N-dealkylation sites (tertiary alicyclic amines) is 1. The summed E-state index contributed by atoms with van der Waals surface area (Å²) in [6.07, 6.45) is 1.27. The summed E-state index contributed by atoms with van der Waals surface area (Å²) in [7, 11) is 1.23. The molecule has 3 amide bonds. The van der Waals surface area contributed by atoms with Crippen LogP contribution in [0.5, 0.6) is 0 Å². The zero-order valence-corrected chi connectivity index (χ0v) is 35.2. The average Bonchev–Trinajstić information content (AvgIpc) is 3.90. The summed E-state index contributed by atoms with van der Waals surface area (Å²) in [6.45, 7) is 11.2. The highest BCUT2D eigenvalue weighted by Gasteiger charge is 2.35. The fourth-order valence-corrected chi connectivity index (χ4v) is 7.13. The summed E-state index contributed by atoms with van der Waals surface area (Å²) < 4.78 is 10.6.